The molecule has 0 unspecified atom stereocenters. The first-order chi connectivity index (χ1) is 33.4. The number of hydrogen-bond donors (Lipinski definition) is 14. The van der Waals surface area contributed by atoms with E-state index in [1.807, 2.05) is 13.0 Å². The molecule has 0 aromatic heterocycles. The van der Waals surface area contributed by atoms with E-state index in [4.69, 9.17) is 24.7 Å². The van der Waals surface area contributed by atoms with Gasteiger partial charge in [0.2, 0.25) is 5.91 Å². The smallest absolute Gasteiger partial charge is 0.308 e. The fraction of sp³-hybridized carbons (Fsp3) is 0.686. The summed E-state index contributed by atoms with van der Waals surface area (Å²) < 4.78 is 23.6. The number of carbonyl (C=O) groups excluding carboxylic acids is 2. The number of carbonyl (C=O) groups is 2. The molecule has 2 bridgehead atoms. The highest BCUT2D eigenvalue weighted by atomic mass is 16.7. The molecule has 0 spiro atoms. The maximum Gasteiger partial charge on any atom is 0.308 e. The Labute approximate surface area is 416 Å². The lowest BCUT2D eigenvalue weighted by atomic mass is 9.81. The van der Waals surface area contributed by atoms with Crippen LogP contribution in [0.3, 0.4) is 0 Å². The van der Waals surface area contributed by atoms with Gasteiger partial charge in [-0.15, -0.1) is 0 Å². The molecule has 0 radical (unpaired) electrons. The second-order valence-electron chi connectivity index (χ2n) is 19.6. The Kier molecular flexibility index (Phi) is 26.1. The number of cyclic esters (lactones) is 1. The third-order valence-electron chi connectivity index (χ3n) is 13.2. The molecule has 1 amide bonds. The Morgan fingerprint density at radius 3 is 1.85 bits per heavy atom. The van der Waals surface area contributed by atoms with Crippen molar-refractivity contribution in [2.45, 2.75) is 189 Å². The van der Waals surface area contributed by atoms with Crippen LogP contribution in [0.25, 0.3) is 0 Å². The van der Waals surface area contributed by atoms with Crippen molar-refractivity contribution < 1.29 is 89.8 Å². The third-order valence-corrected chi connectivity index (χ3v) is 13.2. The third kappa shape index (κ3) is 20.4. The predicted octanol–water partition coefficient (Wildman–Crippen LogP) is -0.513. The second kappa shape index (κ2) is 30.0. The Morgan fingerprint density at radius 2 is 1.27 bits per heavy atom. The van der Waals surface area contributed by atoms with E-state index in [-0.39, 0.29) is 31.6 Å². The summed E-state index contributed by atoms with van der Waals surface area (Å²) in [5.41, 5.74) is 4.55. The van der Waals surface area contributed by atoms with E-state index in [1.54, 1.807) is 86.8 Å². The van der Waals surface area contributed by atoms with Gasteiger partial charge in [0, 0.05) is 37.5 Å². The number of esters is 1. The van der Waals surface area contributed by atoms with E-state index in [2.05, 4.69) is 5.32 Å². The van der Waals surface area contributed by atoms with Gasteiger partial charge in [-0.3, -0.25) is 9.59 Å². The molecular weight excluding hydrogens is 929 g/mol. The first kappa shape index (κ1) is 61.8. The lowest BCUT2D eigenvalue weighted by Crippen LogP contribution is -2.62. The summed E-state index contributed by atoms with van der Waals surface area (Å²) in [6, 6.07) is -1.17. The summed E-state index contributed by atoms with van der Waals surface area (Å²) in [6.07, 6.45) is 3.09. The SMILES string of the molecule is C[C@@H]1[C@H](O)[C@@H](C)/C=C/C=C/C=C/C=C/C=C/C=C/C=C/[C@H](O[C@@H]2O[C@H](C)[C@@H](O)[C@H](N)[C@@H]2O)C[C@@H]2O[C@](O)(C[C@@H](O)C[C@@H](O)[C@H](O)CC[C@@H](O)C[C@@H](O)CC(=O)O[C@H]1C)C[C@H](O)[C@H]2C(=O)NC(C)(CO)CO. The number of amides is 1. The number of nitrogens with one attached hydrogen (secondary N) is 1. The molecule has 15 N–H and O–H groups in total. The van der Waals surface area contributed by atoms with Crippen LogP contribution in [0.2, 0.25) is 0 Å². The van der Waals surface area contributed by atoms with Gasteiger partial charge < -0.3 is 91.3 Å². The first-order valence-corrected chi connectivity index (χ1v) is 24.4. The lowest BCUT2D eigenvalue weighted by Gasteiger charge is -2.46. The molecular formula is C51H82N2O18. The minimum atomic E-state index is -2.36. The maximum atomic E-state index is 13.9. The summed E-state index contributed by atoms with van der Waals surface area (Å²) in [7, 11) is 0. The highest BCUT2D eigenvalue weighted by molar-refractivity contribution is 5.81. The number of fused-ring (bicyclic) bond motifs is 2. The topological polar surface area (TPSA) is 352 Å². The van der Waals surface area contributed by atoms with Crippen LogP contribution in [0.1, 0.15) is 86.0 Å². The van der Waals surface area contributed by atoms with Gasteiger partial charge in [-0.05, 0) is 40.0 Å². The molecule has 0 aromatic carbocycles. The molecule has 20 heteroatoms. The minimum absolute atomic E-state index is 0.123. The molecule has 71 heavy (non-hydrogen) atoms. The maximum absolute atomic E-state index is 13.9. The summed E-state index contributed by atoms with van der Waals surface area (Å²) in [4.78, 5) is 26.6. The number of ether oxygens (including phenoxy) is 4. The zero-order valence-electron chi connectivity index (χ0n) is 41.4. The van der Waals surface area contributed by atoms with Gasteiger partial charge in [0.25, 0.3) is 0 Å². The van der Waals surface area contributed by atoms with Gasteiger partial charge in [-0.25, -0.2) is 0 Å². The Hall–Kier alpha value is -3.52. The molecule has 2 saturated heterocycles. The Bertz CT molecular complexity index is 1820. The van der Waals surface area contributed by atoms with Crippen LogP contribution in [0.5, 0.6) is 0 Å². The zero-order valence-corrected chi connectivity index (χ0v) is 41.4. The molecule has 404 valence electrons. The molecule has 3 aliphatic rings. The van der Waals surface area contributed by atoms with Gasteiger partial charge in [-0.2, -0.15) is 0 Å². The van der Waals surface area contributed by atoms with Crippen LogP contribution in [0, 0.1) is 17.8 Å². The summed E-state index contributed by atoms with van der Waals surface area (Å²) in [6.45, 7) is 6.73. The van der Waals surface area contributed by atoms with E-state index >= 15 is 0 Å². The van der Waals surface area contributed by atoms with Crippen molar-refractivity contribution in [3.63, 3.8) is 0 Å². The second-order valence-corrected chi connectivity index (χ2v) is 19.6. The molecule has 3 aliphatic heterocycles. The van der Waals surface area contributed by atoms with E-state index < -0.39 is 166 Å². The van der Waals surface area contributed by atoms with E-state index in [0.717, 1.165) is 0 Å². The average Bonchev–Trinajstić information content (AvgIpc) is 3.30. The minimum Gasteiger partial charge on any atom is -0.462 e. The van der Waals surface area contributed by atoms with Crippen LogP contribution < -0.4 is 11.1 Å². The quantitative estimate of drug-likeness (QED) is 0.149. The molecule has 0 aromatic rings. The molecule has 20 nitrogen and oxygen atoms in total. The fourth-order valence-electron chi connectivity index (χ4n) is 8.50. The van der Waals surface area contributed by atoms with Crippen LogP contribution in [-0.4, -0.2) is 189 Å². The Balaban J connectivity index is 1.96. The summed E-state index contributed by atoms with van der Waals surface area (Å²) in [5.74, 6) is -6.23. The normalized spacial score (nSPS) is 42.9. The molecule has 3 heterocycles. The highest BCUT2D eigenvalue weighted by Gasteiger charge is 2.51. The molecule has 19 atom stereocenters. The number of aliphatic hydroxyl groups excluding tert-OH is 11. The number of allylic oxidation sites excluding steroid dienone is 12. The average molecular weight is 1010 g/mol. The lowest BCUT2D eigenvalue weighted by molar-refractivity contribution is -0.307. The zero-order chi connectivity index (χ0) is 53.1. The highest BCUT2D eigenvalue weighted by Crippen LogP contribution is 2.38. The summed E-state index contributed by atoms with van der Waals surface area (Å²) >= 11 is 0. The largest absolute Gasteiger partial charge is 0.462 e. The van der Waals surface area contributed by atoms with Gasteiger partial charge in [0.05, 0.1) is 104 Å². The van der Waals surface area contributed by atoms with E-state index in [1.165, 1.54) is 19.9 Å². The van der Waals surface area contributed by atoms with Crippen molar-refractivity contribution >= 4 is 11.9 Å². The van der Waals surface area contributed by atoms with Gasteiger partial charge in [0.1, 0.15) is 12.2 Å². The predicted molar refractivity (Wildman–Crippen MR) is 260 cm³/mol. The summed E-state index contributed by atoms with van der Waals surface area (Å²) in [5, 5.41) is 132. The van der Waals surface area contributed by atoms with Gasteiger partial charge in [-0.1, -0.05) is 98.9 Å². The first-order valence-electron chi connectivity index (χ1n) is 24.4. The number of hydrogen-bond acceptors (Lipinski definition) is 19. The number of rotatable bonds is 6. The van der Waals surface area contributed by atoms with Gasteiger partial charge in [0.15, 0.2) is 12.1 Å². The Morgan fingerprint density at radius 1 is 0.704 bits per heavy atom. The van der Waals surface area contributed by atoms with Crippen molar-refractivity contribution in [2.75, 3.05) is 13.2 Å². The van der Waals surface area contributed by atoms with Crippen molar-refractivity contribution in [3.8, 4) is 0 Å². The number of nitrogens with two attached hydrogens (primary N) is 1. The molecule has 2 fully saturated rings. The van der Waals surface area contributed by atoms with Crippen molar-refractivity contribution in [2.24, 2.45) is 23.5 Å². The van der Waals surface area contributed by atoms with Crippen molar-refractivity contribution in [3.05, 3.63) is 85.1 Å². The van der Waals surface area contributed by atoms with Crippen LogP contribution in [0.4, 0.5) is 0 Å². The van der Waals surface area contributed by atoms with E-state index in [0.29, 0.717) is 0 Å². The standard InChI is InChI=1S/C51H82N2O18/c1-30-18-16-14-12-10-8-6-7-9-11-13-15-17-19-37(70-49-47(65)44(52)46(64)33(4)69-49)25-41-43(48(66)53-50(5,28-54)29-55)40(61)27-51(67,71-41)26-36(58)23-39(60)38(59)21-20-34(56)22-35(57)24-42(62)68-32(3)31(2)45(30)63/h6-19,30-41,43-47,49,54-61,63-65,67H,20-29,52H2,1-5H3,(H,53,66)/b7-6+,10-8+,11-9+,14-12+,15-13+,18-16+,19-17+/t30-,31-,32-,33+,34+,35+,36-,37-,38+,39+,40-,41-,43+,44-,45+,46+,47-,49-,51+/m0/s1. The number of aliphatic hydroxyl groups is 12. The monoisotopic (exact) mass is 1010 g/mol. The van der Waals surface area contributed by atoms with Crippen molar-refractivity contribution in [1.82, 2.24) is 5.32 Å². The van der Waals surface area contributed by atoms with Gasteiger partial charge >= 0.3 is 5.97 Å². The molecule has 0 aliphatic carbocycles. The van der Waals surface area contributed by atoms with Crippen LogP contribution in [0.15, 0.2) is 85.1 Å². The van der Waals surface area contributed by atoms with Crippen LogP contribution >= 0.6 is 0 Å². The molecule has 3 rings (SSSR count). The van der Waals surface area contributed by atoms with E-state index in [9.17, 15) is 70.9 Å². The van der Waals surface area contributed by atoms with Crippen molar-refractivity contribution in [1.29, 1.82) is 0 Å². The molecule has 0 saturated carbocycles. The van der Waals surface area contributed by atoms with Crippen LogP contribution in [-0.2, 0) is 28.5 Å². The fourth-order valence-corrected chi connectivity index (χ4v) is 8.50.